The Hall–Kier alpha value is -3.71. The molecule has 37 heavy (non-hydrogen) atoms. The van der Waals surface area contributed by atoms with Crippen molar-refractivity contribution in [1.82, 2.24) is 4.98 Å². The molecule has 1 aliphatic rings. The zero-order chi connectivity index (χ0) is 26.2. The van der Waals surface area contributed by atoms with Crippen LogP contribution in [-0.4, -0.2) is 24.0 Å². The second kappa shape index (κ2) is 9.98. The maximum Gasteiger partial charge on any atom is 0.373 e. The number of benzene rings is 1. The van der Waals surface area contributed by atoms with Crippen LogP contribution in [0, 0.1) is 11.3 Å². The molecule has 7 heteroatoms. The Kier molecular flexibility index (Phi) is 6.73. The van der Waals surface area contributed by atoms with Crippen molar-refractivity contribution in [3.05, 3.63) is 87.1 Å². The third-order valence-electron chi connectivity index (χ3n) is 6.90. The molecule has 0 unspecified atom stereocenters. The average molecular weight is 516 g/mol. The van der Waals surface area contributed by atoms with Gasteiger partial charge in [0.05, 0.1) is 23.9 Å². The minimum Gasteiger partial charge on any atom is -0.463 e. The summed E-state index contributed by atoms with van der Waals surface area (Å²) in [5, 5.41) is 2.83. The Morgan fingerprint density at radius 3 is 2.62 bits per heavy atom. The number of rotatable bonds is 5. The maximum absolute atomic E-state index is 13.7. The van der Waals surface area contributed by atoms with Gasteiger partial charge in [-0.2, -0.15) is 0 Å². The molecule has 0 amide bonds. The summed E-state index contributed by atoms with van der Waals surface area (Å²) in [4.78, 5) is 31.6. The van der Waals surface area contributed by atoms with E-state index >= 15 is 0 Å². The van der Waals surface area contributed by atoms with Gasteiger partial charge < -0.3 is 13.9 Å². The van der Waals surface area contributed by atoms with Crippen LogP contribution in [0.15, 0.2) is 58.3 Å². The van der Waals surface area contributed by atoms with E-state index in [1.165, 1.54) is 13.2 Å². The van der Waals surface area contributed by atoms with Gasteiger partial charge in [-0.3, -0.25) is 0 Å². The van der Waals surface area contributed by atoms with E-state index in [0.29, 0.717) is 17.2 Å². The molecule has 0 saturated heterocycles. The third kappa shape index (κ3) is 5.09. The maximum atomic E-state index is 13.7. The molecule has 0 N–H and O–H groups in total. The van der Waals surface area contributed by atoms with Crippen molar-refractivity contribution in [2.45, 2.75) is 40.2 Å². The van der Waals surface area contributed by atoms with Gasteiger partial charge in [0.15, 0.2) is 0 Å². The molecule has 0 saturated carbocycles. The second-order valence-electron chi connectivity index (χ2n) is 10.3. The predicted octanol–water partition coefficient (Wildman–Crippen LogP) is 7.18. The number of allylic oxidation sites excluding steroid dienone is 1. The molecule has 190 valence electrons. The molecule has 1 aliphatic carbocycles. The van der Waals surface area contributed by atoms with Crippen LogP contribution in [0.3, 0.4) is 0 Å². The number of nitrogens with zero attached hydrogens (tertiary/aromatic N) is 1. The van der Waals surface area contributed by atoms with E-state index in [2.05, 4.69) is 43.0 Å². The fourth-order valence-corrected chi connectivity index (χ4v) is 5.47. The highest BCUT2D eigenvalue weighted by molar-refractivity contribution is 7.10. The standard InChI is InChI=1S/C30H29NO5S/c1-30(2,3)19-14-18(15-21-8-7-13-37-21)27-23(16-19)26(22-9-5-6-10-24(22)31-27)29(33)35-17-20-11-12-25(36-20)28(32)34-4/h5-13,15,19H,14,16-17H2,1-4H3/b18-15+/t19-/m1/s1. The number of fused-ring (bicyclic) bond motifs is 2. The Morgan fingerprint density at radius 2 is 1.89 bits per heavy atom. The number of carbonyl (C=O) groups is 2. The van der Waals surface area contributed by atoms with Crippen molar-refractivity contribution >= 4 is 45.8 Å². The summed E-state index contributed by atoms with van der Waals surface area (Å²) in [6.45, 7) is 6.64. The number of esters is 2. The Bertz CT molecular complexity index is 1490. The van der Waals surface area contributed by atoms with E-state index in [1.54, 1.807) is 17.4 Å². The van der Waals surface area contributed by atoms with E-state index in [1.807, 2.05) is 30.3 Å². The summed E-state index contributed by atoms with van der Waals surface area (Å²) < 4.78 is 15.9. The summed E-state index contributed by atoms with van der Waals surface area (Å²) in [6, 6.07) is 14.9. The van der Waals surface area contributed by atoms with Crippen LogP contribution >= 0.6 is 11.3 Å². The van der Waals surface area contributed by atoms with Gasteiger partial charge in [-0.05, 0) is 71.0 Å². The number of methoxy groups -OCH3 is 1. The van der Waals surface area contributed by atoms with Crippen LogP contribution in [0.4, 0.5) is 0 Å². The van der Waals surface area contributed by atoms with E-state index in [4.69, 9.17) is 14.1 Å². The number of carbonyl (C=O) groups excluding carboxylic acids is 2. The minimum absolute atomic E-state index is 0.0392. The number of pyridine rings is 1. The first-order chi connectivity index (χ1) is 17.7. The van der Waals surface area contributed by atoms with Gasteiger partial charge in [-0.1, -0.05) is 45.0 Å². The summed E-state index contributed by atoms with van der Waals surface area (Å²) in [7, 11) is 1.29. The van der Waals surface area contributed by atoms with Crippen molar-refractivity contribution in [3.63, 3.8) is 0 Å². The SMILES string of the molecule is COC(=O)c1ccc(COC(=O)c2c3c(nc4ccccc24)/C(=C/c2cccs2)C[C@@H](C(C)(C)C)C3)o1. The lowest BCUT2D eigenvalue weighted by molar-refractivity contribution is 0.0438. The molecule has 1 atom stereocenters. The van der Waals surface area contributed by atoms with Crippen LogP contribution < -0.4 is 0 Å². The molecular formula is C30H29NO5S. The fourth-order valence-electron chi connectivity index (χ4n) is 4.79. The molecule has 3 aromatic heterocycles. The van der Waals surface area contributed by atoms with Gasteiger partial charge >= 0.3 is 11.9 Å². The van der Waals surface area contributed by atoms with Crippen molar-refractivity contribution in [2.24, 2.45) is 11.3 Å². The van der Waals surface area contributed by atoms with E-state index in [-0.39, 0.29) is 17.8 Å². The highest BCUT2D eigenvalue weighted by atomic mass is 32.1. The third-order valence-corrected chi connectivity index (χ3v) is 7.72. The number of para-hydroxylation sites is 1. The molecule has 0 fully saturated rings. The second-order valence-corrected chi connectivity index (χ2v) is 11.3. The van der Waals surface area contributed by atoms with E-state index in [9.17, 15) is 9.59 Å². The fraction of sp³-hybridized carbons (Fsp3) is 0.300. The van der Waals surface area contributed by atoms with E-state index in [0.717, 1.165) is 45.5 Å². The van der Waals surface area contributed by atoms with Crippen molar-refractivity contribution < 1.29 is 23.5 Å². The molecule has 0 spiro atoms. The first-order valence-corrected chi connectivity index (χ1v) is 13.1. The van der Waals surface area contributed by atoms with Crippen molar-refractivity contribution in [2.75, 3.05) is 7.11 Å². The quantitative estimate of drug-likeness (QED) is 0.262. The van der Waals surface area contributed by atoms with Crippen LogP contribution in [-0.2, 0) is 22.5 Å². The zero-order valence-corrected chi connectivity index (χ0v) is 22.2. The molecule has 0 bridgehead atoms. The van der Waals surface area contributed by atoms with Gasteiger partial charge in [-0.25, -0.2) is 14.6 Å². The normalized spacial score (nSPS) is 16.5. The molecular weight excluding hydrogens is 486 g/mol. The number of hydrogen-bond acceptors (Lipinski definition) is 7. The first kappa shape index (κ1) is 25.0. The molecule has 6 nitrogen and oxygen atoms in total. The van der Waals surface area contributed by atoms with Crippen molar-refractivity contribution in [3.8, 4) is 0 Å². The van der Waals surface area contributed by atoms with Crippen LogP contribution in [0.5, 0.6) is 0 Å². The predicted molar refractivity (Wildman–Crippen MR) is 144 cm³/mol. The summed E-state index contributed by atoms with van der Waals surface area (Å²) >= 11 is 1.69. The lowest BCUT2D eigenvalue weighted by atomic mass is 9.69. The molecule has 4 aromatic rings. The highest BCUT2D eigenvalue weighted by Crippen LogP contribution is 2.45. The lowest BCUT2D eigenvalue weighted by Gasteiger charge is -2.36. The van der Waals surface area contributed by atoms with Crippen LogP contribution in [0.1, 0.15) is 70.0 Å². The largest absolute Gasteiger partial charge is 0.463 e. The molecule has 0 radical (unpaired) electrons. The van der Waals surface area contributed by atoms with Gasteiger partial charge in [-0.15, -0.1) is 11.3 Å². The first-order valence-electron chi connectivity index (χ1n) is 12.2. The van der Waals surface area contributed by atoms with E-state index < -0.39 is 11.9 Å². The minimum atomic E-state index is -0.579. The van der Waals surface area contributed by atoms with Gasteiger partial charge in [0.1, 0.15) is 12.4 Å². The van der Waals surface area contributed by atoms with Crippen LogP contribution in [0.25, 0.3) is 22.6 Å². The van der Waals surface area contributed by atoms with Crippen molar-refractivity contribution in [1.29, 1.82) is 0 Å². The van der Waals surface area contributed by atoms with Gasteiger partial charge in [0.2, 0.25) is 5.76 Å². The summed E-state index contributed by atoms with van der Waals surface area (Å²) in [5.41, 5.74) is 4.27. The van der Waals surface area contributed by atoms with Gasteiger partial charge in [0, 0.05) is 10.3 Å². The lowest BCUT2D eigenvalue weighted by Crippen LogP contribution is -2.28. The molecule has 1 aromatic carbocycles. The number of furan rings is 1. The topological polar surface area (TPSA) is 78.6 Å². The summed E-state index contributed by atoms with van der Waals surface area (Å²) in [5.74, 6) is -0.252. The number of ether oxygens (including phenoxy) is 2. The molecule has 5 rings (SSSR count). The Labute approximate surface area is 219 Å². The number of thiophene rings is 1. The number of hydrogen-bond donors (Lipinski definition) is 0. The number of aromatic nitrogens is 1. The van der Waals surface area contributed by atoms with Crippen LogP contribution in [0.2, 0.25) is 0 Å². The molecule has 3 heterocycles. The highest BCUT2D eigenvalue weighted by Gasteiger charge is 2.35. The van der Waals surface area contributed by atoms with Gasteiger partial charge in [0.25, 0.3) is 0 Å². The Balaban J connectivity index is 1.58. The zero-order valence-electron chi connectivity index (χ0n) is 21.4. The average Bonchev–Trinajstić information content (AvgIpc) is 3.57. The smallest absolute Gasteiger partial charge is 0.373 e. The monoisotopic (exact) mass is 515 g/mol. The molecule has 0 aliphatic heterocycles. The summed E-state index contributed by atoms with van der Waals surface area (Å²) in [6.07, 6.45) is 3.82. The Morgan fingerprint density at radius 1 is 1.08 bits per heavy atom.